The molecule has 0 bridgehead atoms. The third-order valence-corrected chi connectivity index (χ3v) is 17.1. The maximum absolute atomic E-state index is 4.17. The highest BCUT2D eigenvalue weighted by molar-refractivity contribution is 6.77. The molecule has 0 heterocycles. The van der Waals surface area contributed by atoms with Crippen LogP contribution >= 0.6 is 0 Å². The van der Waals surface area contributed by atoms with Gasteiger partial charge in [-0.3, -0.25) is 0 Å². The summed E-state index contributed by atoms with van der Waals surface area (Å²) in [6.45, 7) is 21.7. The van der Waals surface area contributed by atoms with Gasteiger partial charge in [-0.15, -0.1) is 0 Å². The lowest BCUT2D eigenvalue weighted by molar-refractivity contribution is 0.396. The van der Waals surface area contributed by atoms with Crippen LogP contribution in [-0.4, -0.2) is 13.8 Å². The molecule has 0 radical (unpaired) electrons. The molecule has 0 aromatic heterocycles. The first kappa shape index (κ1) is 45.1. The third kappa shape index (κ3) is 12.4. The Bertz CT molecular complexity index is 1390. The average molecular weight is 754 g/mol. The van der Waals surface area contributed by atoms with Crippen molar-refractivity contribution in [2.45, 2.75) is 245 Å². The largest absolute Gasteiger partial charge is 0.332 e. The topological polar surface area (TPSA) is 12.0 Å². The van der Waals surface area contributed by atoms with E-state index in [-0.39, 0.29) is 11.0 Å². The van der Waals surface area contributed by atoms with Gasteiger partial charge in [-0.25, -0.2) is 0 Å². The van der Waals surface area contributed by atoms with E-state index in [9.17, 15) is 0 Å². The number of benzene rings is 2. The number of rotatable bonds is 28. The normalized spacial score (nSPS) is 16.3. The fourth-order valence-corrected chi connectivity index (χ4v) is 15.3. The number of fused-ring (bicyclic) bond motifs is 4. The molecule has 0 fully saturated rings. The van der Waals surface area contributed by atoms with Crippen LogP contribution in [0.3, 0.4) is 0 Å². The minimum atomic E-state index is -1.83. The van der Waals surface area contributed by atoms with Crippen molar-refractivity contribution in [1.82, 2.24) is 4.98 Å². The number of unbranched alkanes of at least 4 members (excludes halogenated alkanes) is 22. The molecule has 2 aliphatic rings. The molecular weight excluding hydrogens is 667 g/mol. The molecule has 2 heteroatoms. The van der Waals surface area contributed by atoms with E-state index < -0.39 is 8.24 Å². The number of hydrogen-bond donors (Lipinski definition) is 1. The van der Waals surface area contributed by atoms with Crippen LogP contribution in [-0.2, 0) is 5.41 Å². The van der Waals surface area contributed by atoms with Gasteiger partial charge in [0.15, 0.2) is 0 Å². The highest BCUT2D eigenvalue weighted by Gasteiger charge is 2.46. The summed E-state index contributed by atoms with van der Waals surface area (Å²) in [7, 11) is -1.83. The van der Waals surface area contributed by atoms with Crippen molar-refractivity contribution < 1.29 is 0 Å². The quantitative estimate of drug-likeness (QED) is 0.0674. The Kier molecular flexibility index (Phi) is 18.6. The minimum Gasteiger partial charge on any atom is -0.332 e. The summed E-state index contributed by atoms with van der Waals surface area (Å²) in [4.78, 5) is 4.17. The summed E-state index contributed by atoms with van der Waals surface area (Å²) in [5.41, 5.74) is 13.6. The van der Waals surface area contributed by atoms with Crippen molar-refractivity contribution >= 4 is 13.8 Å². The Balaban J connectivity index is 1.48. The van der Waals surface area contributed by atoms with E-state index in [1.165, 1.54) is 173 Å². The first-order chi connectivity index (χ1) is 26.0. The summed E-state index contributed by atoms with van der Waals surface area (Å²) in [6, 6.07) is 15.1. The van der Waals surface area contributed by atoms with Crippen molar-refractivity contribution in [3.8, 4) is 11.1 Å². The van der Waals surface area contributed by atoms with Crippen molar-refractivity contribution in [2.75, 3.05) is 0 Å². The average Bonchev–Trinajstić information content (AvgIpc) is 3.54. The van der Waals surface area contributed by atoms with Crippen LogP contribution in [0.4, 0.5) is 0 Å². The summed E-state index contributed by atoms with van der Waals surface area (Å²) in [6.07, 6.45) is 36.6. The van der Waals surface area contributed by atoms with E-state index in [0.29, 0.717) is 5.54 Å². The molecule has 1 unspecified atom stereocenters. The lowest BCUT2D eigenvalue weighted by Crippen LogP contribution is -2.58. The van der Waals surface area contributed by atoms with Gasteiger partial charge < -0.3 is 4.98 Å². The molecule has 54 heavy (non-hydrogen) atoms. The van der Waals surface area contributed by atoms with Crippen LogP contribution in [0, 0.1) is 0 Å². The van der Waals surface area contributed by atoms with Crippen LogP contribution in [0.1, 0.15) is 243 Å². The molecule has 2 aliphatic carbocycles. The second-order valence-electron chi connectivity index (χ2n) is 19.7. The van der Waals surface area contributed by atoms with Gasteiger partial charge in [0.05, 0.1) is 0 Å². The lowest BCUT2D eigenvalue weighted by Gasteiger charge is -2.39. The van der Waals surface area contributed by atoms with Crippen molar-refractivity contribution in [3.05, 3.63) is 64.2 Å². The van der Waals surface area contributed by atoms with Crippen LogP contribution in [0.2, 0.25) is 13.1 Å². The molecule has 2 aromatic rings. The number of hydrogen-bond acceptors (Lipinski definition) is 1. The van der Waals surface area contributed by atoms with E-state index in [1.54, 1.807) is 39.0 Å². The molecule has 0 saturated heterocycles. The van der Waals surface area contributed by atoms with Crippen LogP contribution in [0.5, 0.6) is 0 Å². The van der Waals surface area contributed by atoms with Crippen LogP contribution < -0.4 is 4.98 Å². The summed E-state index contributed by atoms with van der Waals surface area (Å²) >= 11 is 0. The summed E-state index contributed by atoms with van der Waals surface area (Å²) in [5.74, 6) is 0. The van der Waals surface area contributed by atoms with Gasteiger partial charge in [-0.2, -0.15) is 0 Å². The maximum Gasteiger partial charge on any atom is 0.131 e. The molecule has 2 aromatic carbocycles. The van der Waals surface area contributed by atoms with Crippen molar-refractivity contribution in [1.29, 1.82) is 0 Å². The van der Waals surface area contributed by atoms with Gasteiger partial charge >= 0.3 is 0 Å². The first-order valence-corrected chi connectivity index (χ1v) is 26.8. The van der Waals surface area contributed by atoms with Crippen LogP contribution in [0.15, 0.2) is 42.0 Å². The second kappa shape index (κ2) is 22.3. The SMILES string of the molecule is CCCCCCCCCCCCCCC1(CCCCCCCCCCCCCC)c2ccccc2-c2cc3c(cc21)C(C)=C(C)C3[Si](C)(C)NC(C)(C)C. The lowest BCUT2D eigenvalue weighted by atomic mass is 9.70. The van der Waals surface area contributed by atoms with Gasteiger partial charge in [-0.05, 0) is 98.5 Å². The molecule has 0 amide bonds. The molecule has 0 saturated carbocycles. The molecule has 1 N–H and O–H groups in total. The molecule has 0 aliphatic heterocycles. The molecule has 1 nitrogen and oxygen atoms in total. The number of nitrogens with one attached hydrogen (secondary N) is 1. The van der Waals surface area contributed by atoms with Crippen molar-refractivity contribution in [2.24, 2.45) is 0 Å². The predicted molar refractivity (Wildman–Crippen MR) is 245 cm³/mol. The first-order valence-electron chi connectivity index (χ1n) is 23.7. The van der Waals surface area contributed by atoms with Gasteiger partial charge in [-0.1, -0.05) is 211 Å². The molecule has 4 rings (SSSR count). The Morgan fingerprint density at radius 3 is 1.41 bits per heavy atom. The minimum absolute atomic E-state index is 0.119. The summed E-state index contributed by atoms with van der Waals surface area (Å²) in [5, 5.41) is 0. The van der Waals surface area contributed by atoms with Crippen molar-refractivity contribution in [3.63, 3.8) is 0 Å². The molecule has 0 spiro atoms. The van der Waals surface area contributed by atoms with Gasteiger partial charge in [0.1, 0.15) is 8.24 Å². The third-order valence-electron chi connectivity index (χ3n) is 13.5. The Labute approximate surface area is 337 Å². The fraction of sp³-hybridized carbons (Fsp3) is 0.731. The fourth-order valence-electron chi connectivity index (χ4n) is 10.9. The standard InChI is InChI=1S/C52H87NSi/c1-10-12-14-16-18-20-22-24-26-28-30-34-38-52(39-35-31-29-27-25-23-21-19-17-15-13-11-2)48-37-33-32-36-44(48)46-40-47-45(41-49(46)52)42(3)43(4)50(47)54(8,9)53-51(5,6)7/h32-33,36-37,40-41,50,53H,10-31,34-35,38-39H2,1-9H3. The Morgan fingerprint density at radius 2 is 0.963 bits per heavy atom. The highest BCUT2D eigenvalue weighted by atomic mass is 28.3. The van der Waals surface area contributed by atoms with Crippen LogP contribution in [0.25, 0.3) is 16.7 Å². The Hall–Kier alpha value is -1.64. The van der Waals surface area contributed by atoms with E-state index in [4.69, 9.17) is 0 Å². The smallest absolute Gasteiger partial charge is 0.131 e. The zero-order valence-corrected chi connectivity index (χ0v) is 38.4. The van der Waals surface area contributed by atoms with Gasteiger partial charge in [0, 0.05) is 16.5 Å². The van der Waals surface area contributed by atoms with Gasteiger partial charge in [0.2, 0.25) is 0 Å². The molecular formula is C52H87NSi. The van der Waals surface area contributed by atoms with E-state index in [0.717, 1.165) is 0 Å². The molecule has 304 valence electrons. The zero-order chi connectivity index (χ0) is 39.0. The van der Waals surface area contributed by atoms with E-state index in [2.05, 4.69) is 103 Å². The number of allylic oxidation sites excluding steroid dienone is 2. The Morgan fingerprint density at radius 1 is 0.537 bits per heavy atom. The highest BCUT2D eigenvalue weighted by Crippen LogP contribution is 2.57. The monoisotopic (exact) mass is 754 g/mol. The van der Waals surface area contributed by atoms with Gasteiger partial charge in [0.25, 0.3) is 0 Å². The summed E-state index contributed by atoms with van der Waals surface area (Å²) < 4.78 is 0. The van der Waals surface area contributed by atoms with E-state index in [1.807, 2.05) is 0 Å². The second-order valence-corrected chi connectivity index (χ2v) is 24.0. The predicted octanol–water partition coefficient (Wildman–Crippen LogP) is 17.2. The van der Waals surface area contributed by atoms with E-state index >= 15 is 0 Å². The zero-order valence-electron chi connectivity index (χ0n) is 37.4. The maximum atomic E-state index is 4.17. The molecule has 1 atom stereocenters.